The van der Waals surface area contributed by atoms with Crippen molar-refractivity contribution in [1.82, 2.24) is 4.90 Å². The van der Waals surface area contributed by atoms with Crippen molar-refractivity contribution in [3.8, 4) is 0 Å². The number of hydrogen-bond acceptors (Lipinski definition) is 4. The molecule has 0 saturated carbocycles. The number of carbonyl (C=O) groups excluding carboxylic acids is 2. The minimum atomic E-state index is -0.486. The van der Waals surface area contributed by atoms with Crippen LogP contribution in [0, 0.1) is 0 Å². The Morgan fingerprint density at radius 1 is 1.29 bits per heavy atom. The number of piperidine rings is 1. The molecule has 1 atom stereocenters. The minimum Gasteiger partial charge on any atom is -0.463 e. The third-order valence-corrected chi connectivity index (χ3v) is 3.20. The van der Waals surface area contributed by atoms with Gasteiger partial charge in [0.2, 0.25) is 0 Å². The summed E-state index contributed by atoms with van der Waals surface area (Å²) in [6.45, 7) is 8.46. The highest BCUT2D eigenvalue weighted by molar-refractivity contribution is 5.81. The van der Waals surface area contributed by atoms with Crippen LogP contribution in [-0.4, -0.2) is 41.8 Å². The fourth-order valence-electron chi connectivity index (χ4n) is 2.32. The first-order chi connectivity index (χ1) is 9.83. The molecule has 0 aromatic carbocycles. The van der Waals surface area contributed by atoms with Crippen molar-refractivity contribution in [2.24, 2.45) is 0 Å². The minimum absolute atomic E-state index is 0.0966. The second-order valence-corrected chi connectivity index (χ2v) is 6.21. The molecule has 0 aromatic heterocycles. The lowest BCUT2D eigenvalue weighted by molar-refractivity contribution is -0.137. The molecule has 1 aliphatic rings. The third kappa shape index (κ3) is 6.65. The smallest absolute Gasteiger partial charge is 0.410 e. The van der Waals surface area contributed by atoms with Gasteiger partial charge >= 0.3 is 12.1 Å². The zero-order valence-corrected chi connectivity index (χ0v) is 13.6. The summed E-state index contributed by atoms with van der Waals surface area (Å²) in [5.41, 5.74) is -0.486. The molecule has 0 radical (unpaired) electrons. The molecule has 1 amide bonds. The van der Waals surface area contributed by atoms with E-state index in [2.05, 4.69) is 0 Å². The Bertz CT molecular complexity index is 384. The lowest BCUT2D eigenvalue weighted by atomic mass is 9.99. The fraction of sp³-hybridized carbons (Fsp3) is 0.750. The maximum absolute atomic E-state index is 12.2. The summed E-state index contributed by atoms with van der Waals surface area (Å²) in [5, 5.41) is 0. The summed E-state index contributed by atoms with van der Waals surface area (Å²) in [5.74, 6) is -0.336. The van der Waals surface area contributed by atoms with Crippen molar-refractivity contribution >= 4 is 12.1 Å². The number of amides is 1. The van der Waals surface area contributed by atoms with Gasteiger partial charge in [-0.3, -0.25) is 0 Å². The van der Waals surface area contributed by atoms with Gasteiger partial charge in [0.1, 0.15) is 5.60 Å². The fourth-order valence-corrected chi connectivity index (χ4v) is 2.32. The molecule has 0 aliphatic carbocycles. The first-order valence-corrected chi connectivity index (χ1v) is 7.66. The Kier molecular flexibility index (Phi) is 6.72. The topological polar surface area (TPSA) is 55.8 Å². The lowest BCUT2D eigenvalue weighted by Gasteiger charge is -2.36. The van der Waals surface area contributed by atoms with E-state index in [9.17, 15) is 9.59 Å². The summed E-state index contributed by atoms with van der Waals surface area (Å²) in [7, 11) is 0. The summed E-state index contributed by atoms with van der Waals surface area (Å²) in [6, 6.07) is 0.0966. The van der Waals surface area contributed by atoms with E-state index in [-0.39, 0.29) is 18.1 Å². The van der Waals surface area contributed by atoms with Gasteiger partial charge < -0.3 is 14.4 Å². The van der Waals surface area contributed by atoms with Gasteiger partial charge in [0, 0.05) is 18.7 Å². The Labute approximate surface area is 127 Å². The monoisotopic (exact) mass is 297 g/mol. The van der Waals surface area contributed by atoms with Crippen molar-refractivity contribution in [3.05, 3.63) is 12.2 Å². The molecule has 5 nitrogen and oxygen atoms in total. The van der Waals surface area contributed by atoms with Crippen LogP contribution in [0.3, 0.4) is 0 Å². The molecular formula is C16H27NO4. The first kappa shape index (κ1) is 17.5. The van der Waals surface area contributed by atoms with Crippen LogP contribution in [-0.2, 0) is 14.3 Å². The molecular weight excluding hydrogens is 270 g/mol. The molecule has 0 unspecified atom stereocenters. The van der Waals surface area contributed by atoms with E-state index in [0.29, 0.717) is 19.6 Å². The molecule has 0 spiro atoms. The zero-order valence-electron chi connectivity index (χ0n) is 13.6. The second kappa shape index (κ2) is 8.05. The molecule has 0 aromatic rings. The number of carbonyl (C=O) groups is 2. The number of likely N-dealkylation sites (tertiary alicyclic amines) is 1. The number of hydrogen-bond donors (Lipinski definition) is 0. The summed E-state index contributed by atoms with van der Waals surface area (Å²) in [4.78, 5) is 25.3. The van der Waals surface area contributed by atoms with E-state index in [1.807, 2.05) is 20.8 Å². The van der Waals surface area contributed by atoms with Gasteiger partial charge in [-0.15, -0.1) is 0 Å². The van der Waals surface area contributed by atoms with Crippen molar-refractivity contribution < 1.29 is 19.1 Å². The standard InChI is InChI=1S/C16H27NO4/c1-5-20-14(18)11-8-10-13-9-6-7-12-17(13)15(19)21-16(2,3)4/h8,11,13H,5-7,9-10,12H2,1-4H3/b11-8+/t13-/m0/s1. The molecule has 21 heavy (non-hydrogen) atoms. The van der Waals surface area contributed by atoms with Gasteiger partial charge in [0.15, 0.2) is 0 Å². The van der Waals surface area contributed by atoms with Crippen LogP contribution in [0.4, 0.5) is 4.79 Å². The molecule has 1 heterocycles. The highest BCUT2D eigenvalue weighted by atomic mass is 16.6. The van der Waals surface area contributed by atoms with Crippen molar-refractivity contribution in [2.75, 3.05) is 13.2 Å². The van der Waals surface area contributed by atoms with E-state index in [4.69, 9.17) is 9.47 Å². The maximum Gasteiger partial charge on any atom is 0.410 e. The Morgan fingerprint density at radius 2 is 2.00 bits per heavy atom. The number of esters is 1. The maximum atomic E-state index is 12.2. The predicted molar refractivity (Wildman–Crippen MR) is 81.0 cm³/mol. The van der Waals surface area contributed by atoms with Crippen LogP contribution in [0.5, 0.6) is 0 Å². The molecule has 0 N–H and O–H groups in total. The first-order valence-electron chi connectivity index (χ1n) is 7.66. The van der Waals surface area contributed by atoms with Crippen LogP contribution in [0.15, 0.2) is 12.2 Å². The Morgan fingerprint density at radius 3 is 2.62 bits per heavy atom. The summed E-state index contributed by atoms with van der Waals surface area (Å²) >= 11 is 0. The van der Waals surface area contributed by atoms with Gasteiger partial charge in [-0.2, -0.15) is 0 Å². The summed E-state index contributed by atoms with van der Waals surface area (Å²) < 4.78 is 10.3. The zero-order chi connectivity index (χ0) is 15.9. The van der Waals surface area contributed by atoms with E-state index < -0.39 is 5.60 Å². The second-order valence-electron chi connectivity index (χ2n) is 6.21. The van der Waals surface area contributed by atoms with Gasteiger partial charge in [0.25, 0.3) is 0 Å². The normalized spacial score (nSPS) is 19.6. The predicted octanol–water partition coefficient (Wildman–Crippen LogP) is 3.29. The van der Waals surface area contributed by atoms with Crippen LogP contribution in [0.25, 0.3) is 0 Å². The molecule has 1 fully saturated rings. The largest absolute Gasteiger partial charge is 0.463 e. The molecule has 1 saturated heterocycles. The molecule has 120 valence electrons. The average Bonchev–Trinajstić information content (AvgIpc) is 2.37. The van der Waals surface area contributed by atoms with E-state index in [0.717, 1.165) is 19.3 Å². The Balaban J connectivity index is 2.57. The average molecular weight is 297 g/mol. The van der Waals surface area contributed by atoms with Crippen LogP contribution >= 0.6 is 0 Å². The number of ether oxygens (including phenoxy) is 2. The molecule has 1 aliphatic heterocycles. The van der Waals surface area contributed by atoms with Gasteiger partial charge in [-0.05, 0) is 53.4 Å². The molecule has 5 heteroatoms. The van der Waals surface area contributed by atoms with Gasteiger partial charge in [-0.1, -0.05) is 6.08 Å². The molecule has 1 rings (SSSR count). The van der Waals surface area contributed by atoms with Crippen LogP contribution < -0.4 is 0 Å². The van der Waals surface area contributed by atoms with Crippen molar-refractivity contribution in [3.63, 3.8) is 0 Å². The number of rotatable bonds is 4. The van der Waals surface area contributed by atoms with E-state index in [1.54, 1.807) is 17.9 Å². The summed E-state index contributed by atoms with van der Waals surface area (Å²) in [6.07, 6.45) is 6.63. The van der Waals surface area contributed by atoms with Crippen molar-refractivity contribution in [2.45, 2.75) is 65.0 Å². The van der Waals surface area contributed by atoms with Crippen LogP contribution in [0.1, 0.15) is 53.4 Å². The highest BCUT2D eigenvalue weighted by Gasteiger charge is 2.29. The lowest BCUT2D eigenvalue weighted by Crippen LogP contribution is -2.45. The Hall–Kier alpha value is -1.52. The van der Waals surface area contributed by atoms with Gasteiger partial charge in [-0.25, -0.2) is 9.59 Å². The SMILES string of the molecule is CCOC(=O)/C=C/C[C@@H]1CCCCN1C(=O)OC(C)(C)C. The molecule has 0 bridgehead atoms. The van der Waals surface area contributed by atoms with Gasteiger partial charge in [0.05, 0.1) is 6.61 Å². The third-order valence-electron chi connectivity index (χ3n) is 3.20. The van der Waals surface area contributed by atoms with E-state index >= 15 is 0 Å². The number of nitrogens with zero attached hydrogens (tertiary/aromatic N) is 1. The van der Waals surface area contributed by atoms with Crippen molar-refractivity contribution in [1.29, 1.82) is 0 Å². The highest BCUT2D eigenvalue weighted by Crippen LogP contribution is 2.22. The van der Waals surface area contributed by atoms with Crippen LogP contribution in [0.2, 0.25) is 0 Å². The van der Waals surface area contributed by atoms with E-state index in [1.165, 1.54) is 6.08 Å². The quantitative estimate of drug-likeness (QED) is 0.590.